The lowest BCUT2D eigenvalue weighted by Gasteiger charge is -2.14. The van der Waals surface area contributed by atoms with Crippen molar-refractivity contribution in [3.63, 3.8) is 0 Å². The van der Waals surface area contributed by atoms with Gasteiger partial charge in [0.05, 0.1) is 17.7 Å². The highest BCUT2D eigenvalue weighted by Gasteiger charge is 2.19. The summed E-state index contributed by atoms with van der Waals surface area (Å²) in [7, 11) is 0. The molecule has 2 heterocycles. The van der Waals surface area contributed by atoms with Gasteiger partial charge >= 0.3 is 0 Å². The van der Waals surface area contributed by atoms with E-state index >= 15 is 0 Å². The molecule has 3 aromatic carbocycles. The molecule has 0 spiro atoms. The molecule has 0 atom stereocenters. The molecule has 6 heteroatoms. The zero-order chi connectivity index (χ0) is 22.6. The summed E-state index contributed by atoms with van der Waals surface area (Å²) in [5, 5.41) is 4.02. The Labute approximate surface area is 192 Å². The number of para-hydroxylation sites is 1. The third kappa shape index (κ3) is 4.52. The Morgan fingerprint density at radius 2 is 1.70 bits per heavy atom. The van der Waals surface area contributed by atoms with Crippen LogP contribution >= 0.6 is 0 Å². The van der Waals surface area contributed by atoms with Crippen molar-refractivity contribution in [3.05, 3.63) is 107 Å². The normalized spacial score (nSPS) is 12.5. The van der Waals surface area contributed by atoms with Gasteiger partial charge in [0.15, 0.2) is 0 Å². The number of benzene rings is 3. The maximum absolute atomic E-state index is 12.9. The van der Waals surface area contributed by atoms with Crippen LogP contribution in [0, 0.1) is 0 Å². The molecule has 4 aromatic rings. The molecule has 1 aliphatic heterocycles. The second kappa shape index (κ2) is 9.30. The number of nitrogens with zero attached hydrogens (tertiary/aromatic N) is 1. The van der Waals surface area contributed by atoms with E-state index in [0.717, 1.165) is 35.9 Å². The van der Waals surface area contributed by atoms with Crippen molar-refractivity contribution in [2.45, 2.75) is 32.5 Å². The van der Waals surface area contributed by atoms with Gasteiger partial charge in [0, 0.05) is 30.2 Å². The average molecular weight is 440 g/mol. The highest BCUT2D eigenvalue weighted by molar-refractivity contribution is 6.07. The summed E-state index contributed by atoms with van der Waals surface area (Å²) in [4.78, 5) is 30.5. The van der Waals surface area contributed by atoms with Gasteiger partial charge in [-0.15, -0.1) is 0 Å². The van der Waals surface area contributed by atoms with E-state index in [1.165, 1.54) is 11.1 Å². The standard InChI is InChI=1S/C27H25N3O3/c31-26(29-33-18-20-6-2-1-3-7-20)22-13-11-19(12-14-22)16-28-27(32)24-17-30-15-5-9-21-8-4-10-23(24)25(21)30/h1-4,6-8,10-14,17H,5,9,15-16,18H2,(H,28,32)(H,29,31). The van der Waals surface area contributed by atoms with Gasteiger partial charge in [-0.2, -0.15) is 0 Å². The van der Waals surface area contributed by atoms with E-state index in [4.69, 9.17) is 4.84 Å². The molecular weight excluding hydrogens is 414 g/mol. The van der Waals surface area contributed by atoms with Crippen LogP contribution in [0.15, 0.2) is 79.0 Å². The van der Waals surface area contributed by atoms with Crippen molar-refractivity contribution < 1.29 is 14.4 Å². The van der Waals surface area contributed by atoms with Gasteiger partial charge in [0.25, 0.3) is 11.8 Å². The van der Waals surface area contributed by atoms with Gasteiger partial charge in [-0.25, -0.2) is 5.48 Å². The molecule has 1 aromatic heterocycles. The van der Waals surface area contributed by atoms with Crippen molar-refractivity contribution in [2.75, 3.05) is 0 Å². The fourth-order valence-corrected chi connectivity index (χ4v) is 4.31. The zero-order valence-electron chi connectivity index (χ0n) is 18.2. The molecule has 33 heavy (non-hydrogen) atoms. The van der Waals surface area contributed by atoms with Gasteiger partial charge in [-0.1, -0.05) is 60.7 Å². The van der Waals surface area contributed by atoms with Crippen LogP contribution in [0.1, 0.15) is 43.8 Å². The van der Waals surface area contributed by atoms with Crippen LogP contribution in [0.2, 0.25) is 0 Å². The van der Waals surface area contributed by atoms with Crippen LogP contribution in [0.4, 0.5) is 0 Å². The Morgan fingerprint density at radius 3 is 2.52 bits per heavy atom. The molecule has 2 N–H and O–H groups in total. The molecule has 0 aliphatic carbocycles. The van der Waals surface area contributed by atoms with E-state index in [1.54, 1.807) is 12.1 Å². The van der Waals surface area contributed by atoms with Gasteiger partial charge in [-0.3, -0.25) is 14.4 Å². The number of hydrogen-bond acceptors (Lipinski definition) is 3. The van der Waals surface area contributed by atoms with Crippen LogP contribution in [0.25, 0.3) is 10.9 Å². The molecule has 0 bridgehead atoms. The molecule has 0 saturated carbocycles. The fraction of sp³-hybridized carbons (Fsp3) is 0.185. The van der Waals surface area contributed by atoms with Gasteiger partial charge in [-0.05, 0) is 41.7 Å². The smallest absolute Gasteiger partial charge is 0.274 e. The van der Waals surface area contributed by atoms with Crippen molar-refractivity contribution in [1.82, 2.24) is 15.4 Å². The Hall–Kier alpha value is -3.90. The fourth-order valence-electron chi connectivity index (χ4n) is 4.31. The van der Waals surface area contributed by atoms with Crippen LogP contribution < -0.4 is 10.8 Å². The predicted octanol–water partition coefficient (Wildman–Crippen LogP) is 4.38. The van der Waals surface area contributed by atoms with Crippen molar-refractivity contribution in [3.8, 4) is 0 Å². The topological polar surface area (TPSA) is 72.4 Å². The molecule has 5 rings (SSSR count). The second-order valence-corrected chi connectivity index (χ2v) is 8.24. The van der Waals surface area contributed by atoms with E-state index in [0.29, 0.717) is 24.3 Å². The summed E-state index contributed by atoms with van der Waals surface area (Å²) in [5.41, 5.74) is 8.04. The summed E-state index contributed by atoms with van der Waals surface area (Å²) in [6, 6.07) is 22.9. The quantitative estimate of drug-likeness (QED) is 0.420. The second-order valence-electron chi connectivity index (χ2n) is 8.24. The SMILES string of the molecule is O=C(NOCc1ccccc1)c1ccc(CNC(=O)c2cn3c4c(cccc24)CCC3)cc1. The maximum Gasteiger partial charge on any atom is 0.274 e. The summed E-state index contributed by atoms with van der Waals surface area (Å²) >= 11 is 0. The molecule has 0 radical (unpaired) electrons. The highest BCUT2D eigenvalue weighted by Crippen LogP contribution is 2.29. The van der Waals surface area contributed by atoms with Crippen molar-refractivity contribution in [2.24, 2.45) is 0 Å². The van der Waals surface area contributed by atoms with Crippen molar-refractivity contribution >= 4 is 22.7 Å². The summed E-state index contributed by atoms with van der Waals surface area (Å²) in [6.45, 7) is 1.63. The molecule has 0 saturated heterocycles. The van der Waals surface area contributed by atoms with E-state index in [-0.39, 0.29) is 11.8 Å². The molecule has 0 fully saturated rings. The average Bonchev–Trinajstić information content (AvgIpc) is 3.24. The lowest BCUT2D eigenvalue weighted by molar-refractivity contribution is 0.0233. The molecule has 1 aliphatic rings. The first-order valence-corrected chi connectivity index (χ1v) is 11.1. The number of carbonyl (C=O) groups is 2. The Bertz CT molecular complexity index is 1290. The number of nitrogens with one attached hydrogen (secondary N) is 2. The Morgan fingerprint density at radius 1 is 0.879 bits per heavy atom. The lowest BCUT2D eigenvalue weighted by atomic mass is 10.0. The minimum absolute atomic E-state index is 0.0890. The number of amides is 2. The third-order valence-electron chi connectivity index (χ3n) is 5.99. The van der Waals surface area contributed by atoms with Crippen LogP contribution in [0.3, 0.4) is 0 Å². The summed E-state index contributed by atoms with van der Waals surface area (Å²) < 4.78 is 2.19. The van der Waals surface area contributed by atoms with E-state index in [9.17, 15) is 9.59 Å². The van der Waals surface area contributed by atoms with Gasteiger partial charge in [0.1, 0.15) is 0 Å². The number of hydroxylamine groups is 1. The first-order chi connectivity index (χ1) is 16.2. The molecule has 2 amide bonds. The number of rotatable bonds is 7. The van der Waals surface area contributed by atoms with E-state index in [2.05, 4.69) is 21.4 Å². The maximum atomic E-state index is 12.9. The van der Waals surface area contributed by atoms with Crippen LogP contribution in [-0.2, 0) is 31.0 Å². The molecule has 0 unspecified atom stereocenters. The van der Waals surface area contributed by atoms with Crippen LogP contribution in [-0.4, -0.2) is 16.4 Å². The first kappa shape index (κ1) is 21.0. The third-order valence-corrected chi connectivity index (χ3v) is 5.99. The minimum atomic E-state index is -0.310. The number of aromatic nitrogens is 1. The van der Waals surface area contributed by atoms with Crippen molar-refractivity contribution in [1.29, 1.82) is 0 Å². The number of aryl methyl sites for hydroxylation is 2. The minimum Gasteiger partial charge on any atom is -0.348 e. The lowest BCUT2D eigenvalue weighted by Crippen LogP contribution is -2.24. The Balaban J connectivity index is 1.17. The molecule has 166 valence electrons. The highest BCUT2D eigenvalue weighted by atomic mass is 16.6. The first-order valence-electron chi connectivity index (χ1n) is 11.1. The Kier molecular flexibility index (Phi) is 5.91. The largest absolute Gasteiger partial charge is 0.348 e. The number of carbonyl (C=O) groups excluding carboxylic acids is 2. The predicted molar refractivity (Wildman–Crippen MR) is 127 cm³/mol. The number of hydrogen-bond donors (Lipinski definition) is 2. The van der Waals surface area contributed by atoms with Crippen LogP contribution in [0.5, 0.6) is 0 Å². The van der Waals surface area contributed by atoms with Gasteiger partial charge < -0.3 is 9.88 Å². The monoisotopic (exact) mass is 439 g/mol. The molecule has 6 nitrogen and oxygen atoms in total. The summed E-state index contributed by atoms with van der Waals surface area (Å²) in [6.07, 6.45) is 4.12. The summed E-state index contributed by atoms with van der Waals surface area (Å²) in [5.74, 6) is -0.399. The zero-order valence-corrected chi connectivity index (χ0v) is 18.2. The van der Waals surface area contributed by atoms with E-state index in [1.807, 2.05) is 60.8 Å². The van der Waals surface area contributed by atoms with Gasteiger partial charge in [0.2, 0.25) is 0 Å². The molecular formula is C27H25N3O3. The van der Waals surface area contributed by atoms with E-state index < -0.39 is 0 Å².